The van der Waals surface area contributed by atoms with Crippen LogP contribution in [-0.4, -0.2) is 28.4 Å². The first-order chi connectivity index (χ1) is 27.9. The predicted octanol–water partition coefficient (Wildman–Crippen LogP) is 15.2. The van der Waals surface area contributed by atoms with Crippen molar-refractivity contribution in [2.75, 3.05) is 0 Å². The molecule has 0 aliphatic carbocycles. The van der Waals surface area contributed by atoms with Gasteiger partial charge < -0.3 is 9.97 Å². The minimum Gasteiger partial charge on any atom is -0.354 e. The van der Waals surface area contributed by atoms with E-state index in [4.69, 9.17) is 90.3 Å². The Hall–Kier alpha value is -4.54. The molecule has 0 spiro atoms. The highest BCUT2D eigenvalue weighted by molar-refractivity contribution is 8.13. The Morgan fingerprint density at radius 3 is 0.983 bits per heavy atom. The van der Waals surface area contributed by atoms with Crippen LogP contribution < -0.4 is 0 Å². The van der Waals surface area contributed by atoms with E-state index in [1.165, 1.54) is 12.1 Å². The lowest BCUT2D eigenvalue weighted by molar-refractivity contribution is 0.609. The molecule has 2 aliphatic heterocycles. The molecule has 4 aromatic carbocycles. The van der Waals surface area contributed by atoms with Crippen LogP contribution in [0.15, 0.2) is 108 Å². The van der Waals surface area contributed by atoms with Crippen LogP contribution in [0.4, 0.5) is 0 Å². The predicted molar refractivity (Wildman–Crippen MR) is 244 cm³/mol. The van der Waals surface area contributed by atoms with Gasteiger partial charge in [-0.1, -0.05) is 99.9 Å². The Morgan fingerprint density at radius 2 is 0.672 bits per heavy atom. The van der Waals surface area contributed by atoms with Gasteiger partial charge in [-0.3, -0.25) is 0 Å². The largest absolute Gasteiger partial charge is 0.354 e. The molecule has 3 aromatic heterocycles. The van der Waals surface area contributed by atoms with Gasteiger partial charge in [-0.15, -0.1) is 0 Å². The summed E-state index contributed by atoms with van der Waals surface area (Å²) < 4.78 is 24.5. The molecule has 9 rings (SSSR count). The van der Waals surface area contributed by atoms with Gasteiger partial charge in [0.2, 0.25) is 0 Å². The fourth-order valence-corrected chi connectivity index (χ4v) is 9.82. The molecule has 0 unspecified atom stereocenters. The van der Waals surface area contributed by atoms with Crippen LogP contribution in [-0.2, 0) is 9.05 Å². The molecule has 0 amide bonds. The third-order valence-corrected chi connectivity index (χ3v) is 13.1. The molecular formula is C44H23Cl7N4O2S. The van der Waals surface area contributed by atoms with Gasteiger partial charge in [0.15, 0.2) is 0 Å². The van der Waals surface area contributed by atoms with Gasteiger partial charge in [0.25, 0.3) is 9.05 Å². The first-order valence-corrected chi connectivity index (χ1v) is 22.0. The van der Waals surface area contributed by atoms with Crippen molar-refractivity contribution >= 4 is 136 Å². The van der Waals surface area contributed by atoms with Crippen molar-refractivity contribution in [1.29, 1.82) is 0 Å². The van der Waals surface area contributed by atoms with Crippen molar-refractivity contribution in [3.63, 3.8) is 0 Å². The Labute approximate surface area is 366 Å². The highest BCUT2D eigenvalue weighted by Gasteiger charge is 2.23. The van der Waals surface area contributed by atoms with E-state index in [2.05, 4.69) is 9.97 Å². The lowest BCUT2D eigenvalue weighted by atomic mass is 10.0. The molecule has 0 fully saturated rings. The fraction of sp³-hybridized carbons (Fsp3) is 0. The third-order valence-electron chi connectivity index (χ3n) is 9.82. The van der Waals surface area contributed by atoms with E-state index in [0.717, 1.165) is 0 Å². The Kier molecular flexibility index (Phi) is 10.2. The molecule has 8 bridgehead atoms. The molecular weight excluding hydrogens is 897 g/mol. The van der Waals surface area contributed by atoms with Crippen molar-refractivity contribution < 1.29 is 8.42 Å². The molecule has 58 heavy (non-hydrogen) atoms. The molecule has 14 heteroatoms. The summed E-state index contributed by atoms with van der Waals surface area (Å²) in [5.74, 6) is 0. The van der Waals surface area contributed by atoms with E-state index in [1.807, 2.05) is 48.6 Å². The van der Waals surface area contributed by atoms with Crippen molar-refractivity contribution in [1.82, 2.24) is 19.9 Å². The molecule has 0 radical (unpaired) electrons. The lowest BCUT2D eigenvalue weighted by Crippen LogP contribution is -1.92. The highest BCUT2D eigenvalue weighted by Crippen LogP contribution is 2.45. The second-order valence-corrected chi connectivity index (χ2v) is 18.3. The summed E-state index contributed by atoms with van der Waals surface area (Å²) in [5, 5.41) is 2.49. The average molecular weight is 920 g/mol. The molecule has 2 N–H and O–H groups in total. The van der Waals surface area contributed by atoms with Crippen LogP contribution in [0.25, 0.3) is 90.9 Å². The van der Waals surface area contributed by atoms with Crippen LogP contribution in [0.3, 0.4) is 0 Å². The first-order valence-electron chi connectivity index (χ1n) is 17.4. The van der Waals surface area contributed by atoms with Crippen LogP contribution in [0.1, 0.15) is 22.8 Å². The second-order valence-electron chi connectivity index (χ2n) is 13.3. The fourth-order valence-electron chi connectivity index (χ4n) is 7.29. The number of nitrogens with zero attached hydrogens (tertiary/aromatic N) is 2. The minimum atomic E-state index is -3.99. The van der Waals surface area contributed by atoms with E-state index in [9.17, 15) is 8.42 Å². The van der Waals surface area contributed by atoms with Crippen molar-refractivity contribution in [2.45, 2.75) is 4.90 Å². The lowest BCUT2D eigenvalue weighted by Gasteiger charge is -2.11. The van der Waals surface area contributed by atoms with Gasteiger partial charge in [-0.05, 0) is 103 Å². The van der Waals surface area contributed by atoms with Crippen molar-refractivity contribution in [2.24, 2.45) is 0 Å². The first kappa shape index (κ1) is 38.9. The van der Waals surface area contributed by atoms with Gasteiger partial charge >= 0.3 is 0 Å². The van der Waals surface area contributed by atoms with Gasteiger partial charge in [0.05, 0.1) is 57.8 Å². The van der Waals surface area contributed by atoms with E-state index in [-0.39, 0.29) is 4.90 Å². The third kappa shape index (κ3) is 6.93. The molecule has 5 heterocycles. The number of H-pyrrole nitrogens is 2. The maximum atomic E-state index is 12.2. The zero-order chi connectivity index (χ0) is 40.5. The highest BCUT2D eigenvalue weighted by atomic mass is 35.7. The topological polar surface area (TPSA) is 91.5 Å². The number of aromatic nitrogens is 4. The molecule has 6 nitrogen and oxygen atoms in total. The Morgan fingerprint density at radius 1 is 0.379 bits per heavy atom. The second kappa shape index (κ2) is 15.2. The normalized spacial score (nSPS) is 12.4. The average Bonchev–Trinajstić information content (AvgIpc) is 4.02. The van der Waals surface area contributed by atoms with Gasteiger partial charge in [-0.2, -0.15) is 0 Å². The number of rotatable bonds is 5. The molecule has 286 valence electrons. The number of halogens is 7. The number of fused-ring (bicyclic) bond motifs is 8. The number of aromatic amines is 2. The molecule has 0 saturated heterocycles. The summed E-state index contributed by atoms with van der Waals surface area (Å²) >= 11 is 41.6. The van der Waals surface area contributed by atoms with E-state index in [0.29, 0.717) is 119 Å². The number of hydrogen-bond donors (Lipinski definition) is 2. The SMILES string of the molecule is O=S(=O)(Cl)c1ccc(-c2c3nc(c(-c4c(Cl)cccc4Cl)c4ccc([nH]4)c(-c4c(Cl)cccc4Cl)c4nc(c(-c5c(Cl)cccc5Cl)c5ccc2[nH]5)C=C4)C=C3)cc1. The smallest absolute Gasteiger partial charge is 0.261 e. The quantitative estimate of drug-likeness (QED) is 0.168. The van der Waals surface area contributed by atoms with Crippen LogP contribution in [0.5, 0.6) is 0 Å². The summed E-state index contributed by atoms with van der Waals surface area (Å²) in [6, 6.07) is 29.9. The monoisotopic (exact) mass is 916 g/mol. The van der Waals surface area contributed by atoms with Crippen LogP contribution in [0, 0.1) is 0 Å². The number of nitrogens with one attached hydrogen (secondary N) is 2. The molecule has 0 atom stereocenters. The standard InChI is InChI=1S/C44H23Cl7N4O2S/c45-24-4-1-5-25(46)39(24)42-32-16-14-30(52-32)38(22-10-12-23(13-11-22)58(51,56)57)31-15-17-33(53-31)43(40-26(47)6-2-7-27(40)48)35-19-21-37(55-35)44(36-20-18-34(42)54-36)41-28(49)8-3-9-29(41)50/h1-21,52,55H. The van der Waals surface area contributed by atoms with Crippen LogP contribution in [0.2, 0.25) is 30.1 Å². The number of hydrogen-bond acceptors (Lipinski definition) is 4. The van der Waals surface area contributed by atoms with Crippen molar-refractivity contribution in [3.8, 4) is 44.5 Å². The van der Waals surface area contributed by atoms with Gasteiger partial charge in [0.1, 0.15) is 0 Å². The molecule has 0 saturated carbocycles. The minimum absolute atomic E-state index is 0.0436. The van der Waals surface area contributed by atoms with Crippen LogP contribution >= 0.6 is 80.3 Å². The summed E-state index contributed by atoms with van der Waals surface area (Å²) in [6.07, 6.45) is 7.54. The van der Waals surface area contributed by atoms with E-state index < -0.39 is 9.05 Å². The summed E-state index contributed by atoms with van der Waals surface area (Å²) in [5.41, 5.74) is 9.70. The zero-order valence-electron chi connectivity index (χ0n) is 29.4. The maximum Gasteiger partial charge on any atom is 0.261 e. The Balaban J connectivity index is 1.51. The summed E-state index contributed by atoms with van der Waals surface area (Å²) in [6.45, 7) is 0. The van der Waals surface area contributed by atoms with E-state index >= 15 is 0 Å². The van der Waals surface area contributed by atoms with E-state index in [1.54, 1.807) is 66.7 Å². The molecule has 2 aliphatic rings. The van der Waals surface area contributed by atoms with Gasteiger partial charge in [0, 0.05) is 71.7 Å². The number of benzene rings is 4. The Bertz CT molecular complexity index is 3120. The van der Waals surface area contributed by atoms with Crippen molar-refractivity contribution in [3.05, 3.63) is 156 Å². The molecule has 7 aromatic rings. The maximum absolute atomic E-state index is 12.2. The summed E-state index contributed by atoms with van der Waals surface area (Å²) in [4.78, 5) is 17.6. The van der Waals surface area contributed by atoms with Gasteiger partial charge in [-0.25, -0.2) is 18.4 Å². The zero-order valence-corrected chi connectivity index (χ0v) is 35.5. The summed E-state index contributed by atoms with van der Waals surface area (Å²) in [7, 11) is 1.73.